The van der Waals surface area contributed by atoms with Crippen LogP contribution in [0.4, 0.5) is 5.00 Å². The predicted octanol–water partition coefficient (Wildman–Crippen LogP) is 6.26. The summed E-state index contributed by atoms with van der Waals surface area (Å²) in [4.78, 5) is 56.4. The van der Waals surface area contributed by atoms with Crippen molar-refractivity contribution in [2.75, 3.05) is 11.9 Å². The van der Waals surface area contributed by atoms with E-state index in [0.717, 1.165) is 16.7 Å². The van der Waals surface area contributed by atoms with Gasteiger partial charge in [0.1, 0.15) is 16.6 Å². The Hall–Kier alpha value is -3.78. The van der Waals surface area contributed by atoms with Crippen LogP contribution in [-0.4, -0.2) is 41.2 Å². The monoisotopic (exact) mass is 572 g/mol. The van der Waals surface area contributed by atoms with Gasteiger partial charge in [-0.25, -0.2) is 4.79 Å². The van der Waals surface area contributed by atoms with E-state index in [1.807, 2.05) is 87.7 Å². The Morgan fingerprint density at radius 2 is 1.76 bits per heavy atom. The van der Waals surface area contributed by atoms with E-state index in [1.165, 1.54) is 16.2 Å². The zero-order valence-electron chi connectivity index (χ0n) is 24.2. The van der Waals surface area contributed by atoms with Crippen LogP contribution >= 0.6 is 11.3 Å². The van der Waals surface area contributed by atoms with Gasteiger partial charge in [-0.05, 0) is 43.2 Å². The molecule has 3 amide bonds. The number of carbonyl (C=O) groups is 4. The summed E-state index contributed by atoms with van der Waals surface area (Å²) < 4.78 is 5.37. The first-order chi connectivity index (χ1) is 19.5. The molecule has 1 saturated heterocycles. The molecule has 2 aromatic carbocycles. The number of likely N-dealkylation sites (tertiary alicyclic amines) is 1. The maximum Gasteiger partial charge on any atom is 0.341 e. The summed E-state index contributed by atoms with van der Waals surface area (Å²) in [6, 6.07) is 16.1. The zero-order chi connectivity index (χ0) is 29.5. The number of hydrogen-bond donors (Lipinski definition) is 1. The number of piperidine rings is 1. The first-order valence-corrected chi connectivity index (χ1v) is 15.0. The van der Waals surface area contributed by atoms with Gasteiger partial charge in [0.2, 0.25) is 17.7 Å². The molecule has 2 bridgehead atoms. The fourth-order valence-corrected chi connectivity index (χ4v) is 7.24. The molecule has 3 unspecified atom stereocenters. The molecule has 214 valence electrons. The van der Waals surface area contributed by atoms with Crippen molar-refractivity contribution in [1.82, 2.24) is 4.90 Å². The molecule has 7 nitrogen and oxygen atoms in total. The molecular weight excluding hydrogens is 536 g/mol. The highest BCUT2D eigenvalue weighted by Crippen LogP contribution is 2.60. The number of thiophene rings is 1. The van der Waals surface area contributed by atoms with Crippen LogP contribution in [0.5, 0.6) is 0 Å². The van der Waals surface area contributed by atoms with Crippen molar-refractivity contribution >= 4 is 40.0 Å². The summed E-state index contributed by atoms with van der Waals surface area (Å²) in [5, 5.41) is 5.07. The number of carbonyl (C=O) groups excluding carboxylic acids is 4. The number of benzene rings is 2. The summed E-state index contributed by atoms with van der Waals surface area (Å²) in [6.45, 7) is 9.77. The lowest BCUT2D eigenvalue weighted by Crippen LogP contribution is -2.64. The molecule has 0 spiro atoms. The van der Waals surface area contributed by atoms with Crippen LogP contribution in [-0.2, 0) is 25.5 Å². The maximum absolute atomic E-state index is 14.1. The second kappa shape index (κ2) is 10.9. The number of rotatable bonds is 8. The van der Waals surface area contributed by atoms with Crippen molar-refractivity contribution < 1.29 is 23.9 Å². The molecule has 5 rings (SSSR count). The van der Waals surface area contributed by atoms with Crippen molar-refractivity contribution in [3.8, 4) is 11.1 Å². The molecule has 41 heavy (non-hydrogen) atoms. The van der Waals surface area contributed by atoms with E-state index in [2.05, 4.69) is 5.32 Å². The van der Waals surface area contributed by atoms with Crippen LogP contribution in [0.3, 0.4) is 0 Å². The topological polar surface area (TPSA) is 92.8 Å². The van der Waals surface area contributed by atoms with E-state index in [4.69, 9.17) is 4.74 Å². The highest BCUT2D eigenvalue weighted by atomic mass is 32.1. The molecule has 0 radical (unpaired) electrons. The number of aryl methyl sites for hydroxylation is 1. The minimum Gasteiger partial charge on any atom is -0.462 e. The minimum absolute atomic E-state index is 0.165. The fraction of sp³-hybridized carbons (Fsp3) is 0.394. The molecule has 2 heterocycles. The van der Waals surface area contributed by atoms with Gasteiger partial charge in [0.05, 0.1) is 12.0 Å². The Kier molecular flexibility index (Phi) is 7.64. The number of nitrogens with zero attached hydrogens (tertiary/aromatic N) is 1. The zero-order valence-corrected chi connectivity index (χ0v) is 25.0. The first-order valence-electron chi connectivity index (χ1n) is 14.1. The van der Waals surface area contributed by atoms with Gasteiger partial charge in [0, 0.05) is 23.3 Å². The second-order valence-corrected chi connectivity index (χ2v) is 12.7. The van der Waals surface area contributed by atoms with Crippen molar-refractivity contribution in [3.05, 3.63) is 76.7 Å². The van der Waals surface area contributed by atoms with E-state index in [0.29, 0.717) is 23.4 Å². The number of ether oxygens (including phenoxy) is 1. The number of fused-ring (bicyclic) bond motifs is 2. The average molecular weight is 573 g/mol. The lowest BCUT2D eigenvalue weighted by Gasteiger charge is -2.49. The van der Waals surface area contributed by atoms with E-state index < -0.39 is 28.7 Å². The third-order valence-electron chi connectivity index (χ3n) is 9.21. The Morgan fingerprint density at radius 1 is 1.07 bits per heavy atom. The van der Waals surface area contributed by atoms with Gasteiger partial charge in [-0.2, -0.15) is 0 Å². The van der Waals surface area contributed by atoms with Crippen LogP contribution in [0.1, 0.15) is 62.0 Å². The number of nitrogens with one attached hydrogen (secondary N) is 1. The van der Waals surface area contributed by atoms with Crippen LogP contribution < -0.4 is 5.32 Å². The molecule has 1 N–H and O–H groups in total. The molecule has 1 saturated carbocycles. The third-order valence-corrected chi connectivity index (χ3v) is 10.1. The van der Waals surface area contributed by atoms with Crippen molar-refractivity contribution in [3.63, 3.8) is 0 Å². The number of anilines is 1. The molecule has 1 aliphatic heterocycles. The van der Waals surface area contributed by atoms with Gasteiger partial charge >= 0.3 is 5.97 Å². The Labute approximate surface area is 244 Å². The lowest BCUT2D eigenvalue weighted by atomic mass is 9.62. The van der Waals surface area contributed by atoms with E-state index in [9.17, 15) is 19.2 Å². The number of amides is 3. The molecule has 8 heteroatoms. The molecule has 1 aromatic heterocycles. The van der Waals surface area contributed by atoms with Crippen LogP contribution in [0, 0.1) is 23.7 Å². The first kappa shape index (κ1) is 28.7. The normalized spacial score (nSPS) is 22.0. The number of esters is 1. The second-order valence-electron chi connectivity index (χ2n) is 11.8. The summed E-state index contributed by atoms with van der Waals surface area (Å²) in [5.41, 5.74) is 2.40. The Balaban J connectivity index is 1.54. The molecule has 2 fully saturated rings. The fourth-order valence-electron chi connectivity index (χ4n) is 6.28. The van der Waals surface area contributed by atoms with Crippen molar-refractivity contribution in [2.45, 2.75) is 59.9 Å². The molecule has 3 aromatic rings. The van der Waals surface area contributed by atoms with Crippen LogP contribution in [0.2, 0.25) is 0 Å². The smallest absolute Gasteiger partial charge is 0.341 e. The largest absolute Gasteiger partial charge is 0.462 e. The Bertz CT molecular complexity index is 1490. The molecule has 3 atom stereocenters. The third kappa shape index (κ3) is 4.88. The SMILES string of the molecule is CCOC(=O)c1c(-c2ccc(C)cc2)csc1NC(=O)C(Cc1ccccc1)N1C(=O)C2CCC(C)(C1=O)C2(C)C. The van der Waals surface area contributed by atoms with Gasteiger partial charge in [0.15, 0.2) is 0 Å². The number of imide groups is 1. The Morgan fingerprint density at radius 3 is 2.41 bits per heavy atom. The van der Waals surface area contributed by atoms with Crippen molar-refractivity contribution in [1.29, 1.82) is 0 Å². The predicted molar refractivity (Wildman–Crippen MR) is 159 cm³/mol. The standard InChI is InChI=1S/C33H36N2O5S/c1-6-40-30(38)26-23(22-14-12-20(2)13-15-22)19-41-28(26)34-27(36)25(18-21-10-8-7-9-11-21)35-29(37)24-16-17-33(5,31(35)39)32(24,3)4/h7-15,19,24-25H,6,16-18H2,1-5H3,(H,34,36). The summed E-state index contributed by atoms with van der Waals surface area (Å²) in [5.74, 6) is -2.02. The highest BCUT2D eigenvalue weighted by Gasteiger charge is 2.65. The minimum atomic E-state index is -1.08. The van der Waals surface area contributed by atoms with Gasteiger partial charge < -0.3 is 10.1 Å². The average Bonchev–Trinajstić information content (AvgIpc) is 3.43. The van der Waals surface area contributed by atoms with Crippen LogP contribution in [0.25, 0.3) is 11.1 Å². The summed E-state index contributed by atoms with van der Waals surface area (Å²) in [7, 11) is 0. The highest BCUT2D eigenvalue weighted by molar-refractivity contribution is 7.15. The van der Waals surface area contributed by atoms with E-state index >= 15 is 0 Å². The maximum atomic E-state index is 14.1. The summed E-state index contributed by atoms with van der Waals surface area (Å²) >= 11 is 1.22. The molecule has 2 aliphatic rings. The quantitative estimate of drug-likeness (QED) is 0.254. The molecular formula is C33H36N2O5S. The van der Waals surface area contributed by atoms with Crippen molar-refractivity contribution in [2.24, 2.45) is 16.7 Å². The molecule has 1 aliphatic carbocycles. The van der Waals surface area contributed by atoms with E-state index in [-0.39, 0.29) is 36.3 Å². The lowest BCUT2D eigenvalue weighted by molar-refractivity contribution is -0.172. The van der Waals surface area contributed by atoms with Gasteiger partial charge in [-0.15, -0.1) is 11.3 Å². The van der Waals surface area contributed by atoms with Gasteiger partial charge in [-0.3, -0.25) is 19.3 Å². The van der Waals surface area contributed by atoms with E-state index in [1.54, 1.807) is 6.92 Å². The van der Waals surface area contributed by atoms with Crippen LogP contribution in [0.15, 0.2) is 60.0 Å². The van der Waals surface area contributed by atoms with Gasteiger partial charge in [0.25, 0.3) is 0 Å². The summed E-state index contributed by atoms with van der Waals surface area (Å²) in [6.07, 6.45) is 1.38. The van der Waals surface area contributed by atoms with Gasteiger partial charge in [-0.1, -0.05) is 80.9 Å². The number of hydrogen-bond acceptors (Lipinski definition) is 6.